The van der Waals surface area contributed by atoms with Gasteiger partial charge < -0.3 is 10.1 Å². The second-order valence-corrected chi connectivity index (χ2v) is 4.59. The molecule has 0 aliphatic carbocycles. The molecule has 2 atom stereocenters. The van der Waals surface area contributed by atoms with E-state index in [1.807, 2.05) is 0 Å². The topological polar surface area (TPSA) is 38.3 Å². The lowest BCUT2D eigenvalue weighted by Crippen LogP contribution is -2.24. The lowest BCUT2D eigenvalue weighted by atomic mass is 9.88. The van der Waals surface area contributed by atoms with Crippen molar-refractivity contribution in [3.05, 3.63) is 35.4 Å². The van der Waals surface area contributed by atoms with E-state index < -0.39 is 6.43 Å². The average molecular weight is 269 g/mol. The van der Waals surface area contributed by atoms with Crippen LogP contribution in [0.5, 0.6) is 0 Å². The smallest absolute Gasteiger partial charge is 0.310 e. The van der Waals surface area contributed by atoms with Crippen molar-refractivity contribution in [2.45, 2.75) is 19.3 Å². The number of carbonyl (C=O) groups is 1. The van der Waals surface area contributed by atoms with Gasteiger partial charge in [-0.05, 0) is 18.6 Å². The molecule has 1 aliphatic rings. The zero-order valence-electron chi connectivity index (χ0n) is 10.7. The van der Waals surface area contributed by atoms with Gasteiger partial charge in [0, 0.05) is 24.6 Å². The SMILES string of the molecule is CCOC(=O)C1CNCC1c1cccc(C(F)F)c1. The van der Waals surface area contributed by atoms with Gasteiger partial charge in [0.05, 0.1) is 12.5 Å². The van der Waals surface area contributed by atoms with Crippen molar-refractivity contribution in [2.75, 3.05) is 19.7 Å². The van der Waals surface area contributed by atoms with E-state index in [4.69, 9.17) is 4.74 Å². The second-order valence-electron chi connectivity index (χ2n) is 4.59. The van der Waals surface area contributed by atoms with Gasteiger partial charge in [0.25, 0.3) is 6.43 Å². The Labute approximate surface area is 111 Å². The first kappa shape index (κ1) is 13.9. The van der Waals surface area contributed by atoms with Crippen LogP contribution < -0.4 is 5.32 Å². The molecule has 1 saturated heterocycles. The standard InChI is InChI=1S/C14H17F2NO2/c1-2-19-14(18)12-8-17-7-11(12)9-4-3-5-10(6-9)13(15)16/h3-6,11-13,17H,2,7-8H2,1H3. The fourth-order valence-electron chi connectivity index (χ4n) is 2.45. The molecule has 0 spiro atoms. The van der Waals surface area contributed by atoms with Crippen LogP contribution in [0.25, 0.3) is 0 Å². The molecule has 3 nitrogen and oxygen atoms in total. The van der Waals surface area contributed by atoms with E-state index in [2.05, 4.69) is 5.32 Å². The third-order valence-corrected chi connectivity index (χ3v) is 3.39. The summed E-state index contributed by atoms with van der Waals surface area (Å²) in [6.45, 7) is 3.23. The molecule has 19 heavy (non-hydrogen) atoms. The van der Waals surface area contributed by atoms with Crippen molar-refractivity contribution in [3.8, 4) is 0 Å². The summed E-state index contributed by atoms with van der Waals surface area (Å²) >= 11 is 0. The molecule has 0 saturated carbocycles. The molecule has 2 unspecified atom stereocenters. The Morgan fingerprint density at radius 3 is 2.95 bits per heavy atom. The second kappa shape index (κ2) is 6.10. The minimum absolute atomic E-state index is 0.00740. The van der Waals surface area contributed by atoms with E-state index in [0.717, 1.165) is 5.56 Å². The molecule has 1 heterocycles. The molecule has 0 radical (unpaired) electrons. The van der Waals surface area contributed by atoms with Crippen LogP contribution in [-0.2, 0) is 9.53 Å². The first-order valence-electron chi connectivity index (χ1n) is 6.38. The minimum Gasteiger partial charge on any atom is -0.466 e. The van der Waals surface area contributed by atoms with Gasteiger partial charge >= 0.3 is 5.97 Å². The van der Waals surface area contributed by atoms with Gasteiger partial charge in [-0.15, -0.1) is 0 Å². The van der Waals surface area contributed by atoms with Crippen molar-refractivity contribution in [1.29, 1.82) is 0 Å². The Balaban J connectivity index is 2.20. The van der Waals surface area contributed by atoms with Crippen molar-refractivity contribution in [2.24, 2.45) is 5.92 Å². The van der Waals surface area contributed by atoms with Gasteiger partial charge in [0.2, 0.25) is 0 Å². The summed E-state index contributed by atoms with van der Waals surface area (Å²) in [7, 11) is 0. The average Bonchev–Trinajstić information content (AvgIpc) is 2.88. The maximum Gasteiger partial charge on any atom is 0.310 e. The predicted molar refractivity (Wildman–Crippen MR) is 67.1 cm³/mol. The molecular weight excluding hydrogens is 252 g/mol. The quantitative estimate of drug-likeness (QED) is 0.853. The Morgan fingerprint density at radius 2 is 2.26 bits per heavy atom. The highest BCUT2D eigenvalue weighted by atomic mass is 19.3. The zero-order valence-corrected chi connectivity index (χ0v) is 10.7. The van der Waals surface area contributed by atoms with Crippen molar-refractivity contribution < 1.29 is 18.3 Å². The number of esters is 1. The largest absolute Gasteiger partial charge is 0.466 e. The first-order chi connectivity index (χ1) is 9.13. The van der Waals surface area contributed by atoms with Crippen LogP contribution >= 0.6 is 0 Å². The molecule has 104 valence electrons. The van der Waals surface area contributed by atoms with Crippen LogP contribution in [0.15, 0.2) is 24.3 Å². The lowest BCUT2D eigenvalue weighted by molar-refractivity contribution is -0.147. The highest BCUT2D eigenvalue weighted by Crippen LogP contribution is 2.31. The number of carbonyl (C=O) groups excluding carboxylic acids is 1. The van der Waals surface area contributed by atoms with E-state index in [-0.39, 0.29) is 23.4 Å². The monoisotopic (exact) mass is 269 g/mol. The maximum atomic E-state index is 12.7. The summed E-state index contributed by atoms with van der Waals surface area (Å²) in [6, 6.07) is 6.28. The first-order valence-corrected chi connectivity index (χ1v) is 6.38. The normalized spacial score (nSPS) is 22.7. The summed E-state index contributed by atoms with van der Waals surface area (Å²) in [4.78, 5) is 11.8. The van der Waals surface area contributed by atoms with Gasteiger partial charge in [-0.3, -0.25) is 4.79 Å². The van der Waals surface area contributed by atoms with Gasteiger partial charge in [-0.1, -0.05) is 18.2 Å². The summed E-state index contributed by atoms with van der Waals surface area (Å²) in [5, 5.41) is 3.12. The van der Waals surface area contributed by atoms with Crippen LogP contribution in [0.2, 0.25) is 0 Å². The highest BCUT2D eigenvalue weighted by molar-refractivity contribution is 5.74. The molecule has 0 aromatic heterocycles. The van der Waals surface area contributed by atoms with Gasteiger partial charge in [0.15, 0.2) is 0 Å². The molecule has 0 bridgehead atoms. The highest BCUT2D eigenvalue weighted by Gasteiger charge is 2.35. The zero-order chi connectivity index (χ0) is 13.8. The number of alkyl halides is 2. The van der Waals surface area contributed by atoms with Gasteiger partial charge in [-0.2, -0.15) is 0 Å². The summed E-state index contributed by atoms with van der Waals surface area (Å²) in [6.07, 6.45) is -2.49. The number of hydrogen-bond acceptors (Lipinski definition) is 3. The van der Waals surface area contributed by atoms with Gasteiger partial charge in [0.1, 0.15) is 0 Å². The Kier molecular flexibility index (Phi) is 4.47. The van der Waals surface area contributed by atoms with Crippen LogP contribution in [0.3, 0.4) is 0 Å². The van der Waals surface area contributed by atoms with E-state index >= 15 is 0 Å². The fraction of sp³-hybridized carbons (Fsp3) is 0.500. The molecule has 1 aromatic rings. The van der Waals surface area contributed by atoms with Crippen LogP contribution in [0.1, 0.15) is 30.4 Å². The molecule has 2 rings (SSSR count). The van der Waals surface area contributed by atoms with Gasteiger partial charge in [-0.25, -0.2) is 8.78 Å². The molecule has 1 aliphatic heterocycles. The minimum atomic E-state index is -2.49. The molecule has 5 heteroatoms. The van der Waals surface area contributed by atoms with Crippen LogP contribution in [0.4, 0.5) is 8.78 Å². The van der Waals surface area contributed by atoms with Crippen molar-refractivity contribution in [1.82, 2.24) is 5.32 Å². The lowest BCUT2D eigenvalue weighted by Gasteiger charge is -2.18. The third kappa shape index (κ3) is 3.10. The van der Waals surface area contributed by atoms with Crippen LogP contribution in [0, 0.1) is 5.92 Å². The fourth-order valence-corrected chi connectivity index (χ4v) is 2.45. The summed E-state index contributed by atoms with van der Waals surface area (Å²) < 4.78 is 30.4. The Hall–Kier alpha value is -1.49. The Morgan fingerprint density at radius 1 is 1.47 bits per heavy atom. The molecule has 1 fully saturated rings. The van der Waals surface area contributed by atoms with E-state index in [0.29, 0.717) is 19.7 Å². The van der Waals surface area contributed by atoms with E-state index in [1.165, 1.54) is 12.1 Å². The summed E-state index contributed by atoms with van der Waals surface area (Å²) in [5.74, 6) is -0.662. The van der Waals surface area contributed by atoms with Crippen LogP contribution in [-0.4, -0.2) is 25.7 Å². The summed E-state index contributed by atoms with van der Waals surface area (Å²) in [5.41, 5.74) is 0.757. The maximum absolute atomic E-state index is 12.7. The number of nitrogens with one attached hydrogen (secondary N) is 1. The third-order valence-electron chi connectivity index (χ3n) is 3.39. The number of rotatable bonds is 4. The molecule has 1 N–H and O–H groups in total. The molecule has 0 amide bonds. The molecule has 1 aromatic carbocycles. The van der Waals surface area contributed by atoms with Crippen molar-refractivity contribution >= 4 is 5.97 Å². The van der Waals surface area contributed by atoms with E-state index in [1.54, 1.807) is 19.1 Å². The number of benzene rings is 1. The number of hydrogen-bond donors (Lipinski definition) is 1. The Bertz CT molecular complexity index is 451. The number of ether oxygens (including phenoxy) is 1. The number of halogens is 2. The molecular formula is C14H17F2NO2. The predicted octanol–water partition coefficient (Wildman–Crippen LogP) is 2.49. The van der Waals surface area contributed by atoms with E-state index in [9.17, 15) is 13.6 Å². The van der Waals surface area contributed by atoms with Crippen molar-refractivity contribution in [3.63, 3.8) is 0 Å².